The number of nitrogens with one attached hydrogen (secondary N) is 2. The number of likely N-dealkylation sites (N-methyl/N-ethyl adjacent to an activating group) is 1. The van der Waals surface area contributed by atoms with E-state index in [1.54, 1.807) is 6.33 Å². The summed E-state index contributed by atoms with van der Waals surface area (Å²) in [5.41, 5.74) is 0.912. The minimum atomic E-state index is 0.466. The van der Waals surface area contributed by atoms with Gasteiger partial charge in [0.25, 0.3) is 0 Å². The Balaban J connectivity index is 2.02. The number of anilines is 1. The summed E-state index contributed by atoms with van der Waals surface area (Å²) in [5.74, 6) is 1.04. The van der Waals surface area contributed by atoms with Gasteiger partial charge in [0.05, 0.1) is 5.39 Å². The summed E-state index contributed by atoms with van der Waals surface area (Å²) >= 11 is 0. The lowest BCUT2D eigenvalue weighted by Gasteiger charge is -2.25. The monoisotopic (exact) mass is 231 g/mol. The molecule has 17 heavy (non-hydrogen) atoms. The second-order valence-corrected chi connectivity index (χ2v) is 4.56. The molecular formula is C12H17N5. The van der Waals surface area contributed by atoms with E-state index in [9.17, 15) is 0 Å². The molecule has 2 aromatic rings. The van der Waals surface area contributed by atoms with Crippen LogP contribution in [0.2, 0.25) is 0 Å². The molecule has 0 radical (unpaired) electrons. The van der Waals surface area contributed by atoms with Crippen LogP contribution in [0.15, 0.2) is 18.6 Å². The molecule has 1 aliphatic heterocycles. The third-order valence-corrected chi connectivity index (χ3v) is 3.73. The first kappa shape index (κ1) is 10.5. The van der Waals surface area contributed by atoms with E-state index >= 15 is 0 Å². The molecule has 0 aromatic carbocycles. The fourth-order valence-corrected chi connectivity index (χ4v) is 2.71. The number of aromatic amines is 1. The first-order valence-corrected chi connectivity index (χ1v) is 6.03. The maximum absolute atomic E-state index is 4.45. The van der Waals surface area contributed by atoms with Crippen LogP contribution in [0.5, 0.6) is 0 Å². The SMILES string of the molecule is CNC1CCN(c2ncnc3[nH]ccc23)[C@@H]1C. The summed E-state index contributed by atoms with van der Waals surface area (Å²) in [7, 11) is 2.02. The molecule has 0 amide bonds. The van der Waals surface area contributed by atoms with E-state index in [1.165, 1.54) is 0 Å². The van der Waals surface area contributed by atoms with Crippen LogP contribution in [0.4, 0.5) is 5.82 Å². The molecule has 90 valence electrons. The maximum atomic E-state index is 4.45. The van der Waals surface area contributed by atoms with Crippen LogP contribution in [-0.2, 0) is 0 Å². The summed E-state index contributed by atoms with van der Waals surface area (Å²) < 4.78 is 0. The zero-order valence-corrected chi connectivity index (χ0v) is 10.1. The largest absolute Gasteiger partial charge is 0.352 e. The van der Waals surface area contributed by atoms with Gasteiger partial charge >= 0.3 is 0 Å². The minimum absolute atomic E-state index is 0.466. The number of hydrogen-bond acceptors (Lipinski definition) is 4. The van der Waals surface area contributed by atoms with Crippen molar-refractivity contribution in [2.24, 2.45) is 0 Å². The van der Waals surface area contributed by atoms with Gasteiger partial charge in [0.15, 0.2) is 0 Å². The third kappa shape index (κ3) is 1.58. The Labute approximate surface area is 100 Å². The molecule has 3 rings (SSSR count). The highest BCUT2D eigenvalue weighted by Crippen LogP contribution is 2.28. The molecule has 1 unspecified atom stereocenters. The van der Waals surface area contributed by atoms with Crippen LogP contribution >= 0.6 is 0 Å². The molecule has 2 aromatic heterocycles. The highest BCUT2D eigenvalue weighted by molar-refractivity contribution is 5.87. The Morgan fingerprint density at radius 1 is 1.47 bits per heavy atom. The lowest BCUT2D eigenvalue weighted by atomic mass is 10.1. The standard InChI is InChI=1S/C12H17N5/c1-8-10(13-2)4-6-17(8)12-9-3-5-14-11(9)15-7-16-12/h3,5,7-8,10,13H,4,6H2,1-2H3,(H,14,15,16)/t8-,10?/m1/s1. The quantitative estimate of drug-likeness (QED) is 0.814. The highest BCUT2D eigenvalue weighted by Gasteiger charge is 2.31. The number of aromatic nitrogens is 3. The normalized spacial score (nSPS) is 24.7. The van der Waals surface area contributed by atoms with E-state index in [-0.39, 0.29) is 0 Å². The van der Waals surface area contributed by atoms with Crippen LogP contribution in [-0.4, -0.2) is 40.6 Å². The van der Waals surface area contributed by atoms with Crippen molar-refractivity contribution in [3.63, 3.8) is 0 Å². The molecule has 5 nitrogen and oxygen atoms in total. The maximum Gasteiger partial charge on any atom is 0.142 e. The van der Waals surface area contributed by atoms with E-state index in [0.717, 1.165) is 29.8 Å². The van der Waals surface area contributed by atoms with Crippen LogP contribution < -0.4 is 10.2 Å². The van der Waals surface area contributed by atoms with E-state index in [2.05, 4.69) is 32.1 Å². The van der Waals surface area contributed by atoms with Crippen molar-refractivity contribution in [1.29, 1.82) is 0 Å². The van der Waals surface area contributed by atoms with Gasteiger partial charge in [0.2, 0.25) is 0 Å². The second kappa shape index (κ2) is 4.00. The molecule has 0 aliphatic carbocycles. The molecule has 2 N–H and O–H groups in total. The molecule has 2 atom stereocenters. The van der Waals surface area contributed by atoms with Crippen molar-refractivity contribution in [1.82, 2.24) is 20.3 Å². The van der Waals surface area contributed by atoms with E-state index < -0.39 is 0 Å². The zero-order valence-electron chi connectivity index (χ0n) is 10.1. The molecule has 0 bridgehead atoms. The van der Waals surface area contributed by atoms with Gasteiger partial charge in [-0.05, 0) is 26.5 Å². The predicted octanol–water partition coefficient (Wildman–Crippen LogP) is 1.14. The van der Waals surface area contributed by atoms with E-state index in [4.69, 9.17) is 0 Å². The Hall–Kier alpha value is -1.62. The molecule has 5 heteroatoms. The molecule has 1 saturated heterocycles. The third-order valence-electron chi connectivity index (χ3n) is 3.73. The van der Waals surface area contributed by atoms with Gasteiger partial charge in [0.1, 0.15) is 17.8 Å². The van der Waals surface area contributed by atoms with Crippen molar-refractivity contribution in [2.75, 3.05) is 18.5 Å². The van der Waals surface area contributed by atoms with E-state index in [1.807, 2.05) is 19.3 Å². The average molecular weight is 231 g/mol. The average Bonchev–Trinajstić information content (AvgIpc) is 2.94. The Bertz CT molecular complexity index is 520. The van der Waals surface area contributed by atoms with Crippen LogP contribution in [0.1, 0.15) is 13.3 Å². The fourth-order valence-electron chi connectivity index (χ4n) is 2.71. The lowest BCUT2D eigenvalue weighted by molar-refractivity contribution is 0.532. The summed E-state index contributed by atoms with van der Waals surface area (Å²) in [6.07, 6.45) is 4.71. The Morgan fingerprint density at radius 2 is 2.35 bits per heavy atom. The molecule has 1 aliphatic rings. The van der Waals surface area contributed by atoms with Crippen molar-refractivity contribution < 1.29 is 0 Å². The molecule has 3 heterocycles. The van der Waals surface area contributed by atoms with Gasteiger partial charge in [-0.3, -0.25) is 0 Å². The predicted molar refractivity (Wildman–Crippen MR) is 68.2 cm³/mol. The van der Waals surface area contributed by atoms with Gasteiger partial charge in [-0.25, -0.2) is 9.97 Å². The van der Waals surface area contributed by atoms with Gasteiger partial charge in [-0.1, -0.05) is 0 Å². The first-order chi connectivity index (χ1) is 8.31. The van der Waals surface area contributed by atoms with Crippen LogP contribution in [0.3, 0.4) is 0 Å². The number of H-pyrrole nitrogens is 1. The van der Waals surface area contributed by atoms with Crippen LogP contribution in [0, 0.1) is 0 Å². The lowest BCUT2D eigenvalue weighted by Crippen LogP contribution is -2.39. The summed E-state index contributed by atoms with van der Waals surface area (Å²) in [5, 5.41) is 4.47. The van der Waals surface area contributed by atoms with Crippen molar-refractivity contribution in [2.45, 2.75) is 25.4 Å². The Morgan fingerprint density at radius 3 is 3.12 bits per heavy atom. The summed E-state index contributed by atoms with van der Waals surface area (Å²) in [6, 6.07) is 3.05. The number of fused-ring (bicyclic) bond motifs is 1. The van der Waals surface area contributed by atoms with Gasteiger partial charge in [-0.2, -0.15) is 0 Å². The number of nitrogens with zero attached hydrogens (tertiary/aromatic N) is 3. The summed E-state index contributed by atoms with van der Waals surface area (Å²) in [6.45, 7) is 3.29. The highest BCUT2D eigenvalue weighted by atomic mass is 15.3. The topological polar surface area (TPSA) is 56.8 Å². The molecule has 0 spiro atoms. The van der Waals surface area contributed by atoms with Crippen molar-refractivity contribution >= 4 is 16.9 Å². The molecular weight excluding hydrogens is 214 g/mol. The fraction of sp³-hybridized carbons (Fsp3) is 0.500. The van der Waals surface area contributed by atoms with Gasteiger partial charge in [-0.15, -0.1) is 0 Å². The summed E-state index contributed by atoms with van der Waals surface area (Å²) in [4.78, 5) is 14.2. The van der Waals surface area contributed by atoms with Gasteiger partial charge in [0, 0.05) is 24.8 Å². The smallest absolute Gasteiger partial charge is 0.142 e. The Kier molecular flexibility index (Phi) is 2.48. The van der Waals surface area contributed by atoms with Crippen molar-refractivity contribution in [3.05, 3.63) is 18.6 Å². The van der Waals surface area contributed by atoms with E-state index in [0.29, 0.717) is 12.1 Å². The second-order valence-electron chi connectivity index (χ2n) is 4.56. The van der Waals surface area contributed by atoms with Crippen LogP contribution in [0.25, 0.3) is 11.0 Å². The zero-order chi connectivity index (χ0) is 11.8. The van der Waals surface area contributed by atoms with Gasteiger partial charge < -0.3 is 15.2 Å². The number of rotatable bonds is 2. The van der Waals surface area contributed by atoms with Crippen molar-refractivity contribution in [3.8, 4) is 0 Å². The first-order valence-electron chi connectivity index (χ1n) is 6.03. The minimum Gasteiger partial charge on any atom is -0.352 e. The molecule has 0 saturated carbocycles. The molecule has 1 fully saturated rings. The number of hydrogen-bond donors (Lipinski definition) is 2.